The second kappa shape index (κ2) is 8.49. The number of amides is 2. The normalized spacial score (nSPS) is 14.3. The van der Waals surface area contributed by atoms with Crippen LogP contribution in [0, 0.1) is 6.92 Å². The minimum Gasteiger partial charge on any atom is -0.496 e. The third kappa shape index (κ3) is 4.28. The Morgan fingerprint density at radius 3 is 2.48 bits per heavy atom. The average molecular weight is 388 g/mol. The van der Waals surface area contributed by atoms with E-state index < -0.39 is 0 Å². The lowest BCUT2D eigenvalue weighted by Crippen LogP contribution is -2.50. The number of thiazole rings is 1. The van der Waals surface area contributed by atoms with Crippen molar-refractivity contribution in [3.63, 3.8) is 0 Å². The number of nitrogens with zero attached hydrogens (tertiary/aromatic N) is 3. The fourth-order valence-electron chi connectivity index (χ4n) is 3.06. The molecule has 0 aliphatic carbocycles. The Bertz CT molecular complexity index is 828. The van der Waals surface area contributed by atoms with Gasteiger partial charge >= 0.3 is 0 Å². The second-order valence-electron chi connectivity index (χ2n) is 6.43. The molecular weight excluding hydrogens is 364 g/mol. The van der Waals surface area contributed by atoms with Gasteiger partial charge in [0.05, 0.1) is 12.1 Å². The molecule has 0 bridgehead atoms. The molecule has 0 unspecified atom stereocenters. The maximum atomic E-state index is 12.7. The predicted molar refractivity (Wildman–Crippen MR) is 104 cm³/mol. The van der Waals surface area contributed by atoms with E-state index in [-0.39, 0.29) is 11.8 Å². The summed E-state index contributed by atoms with van der Waals surface area (Å²) in [4.78, 5) is 33.2. The van der Waals surface area contributed by atoms with Crippen LogP contribution in [0.5, 0.6) is 5.75 Å². The number of aryl methyl sites for hydroxylation is 1. The molecule has 1 saturated heterocycles. The van der Waals surface area contributed by atoms with Crippen molar-refractivity contribution < 1.29 is 14.3 Å². The molecule has 3 rings (SSSR count). The summed E-state index contributed by atoms with van der Waals surface area (Å²) in [5, 5.41) is 2.66. The summed E-state index contributed by atoms with van der Waals surface area (Å²) in [5.74, 6) is 0.574. The molecule has 27 heavy (non-hydrogen) atoms. The van der Waals surface area contributed by atoms with Gasteiger partial charge in [0, 0.05) is 43.5 Å². The molecule has 2 heterocycles. The second-order valence-corrected chi connectivity index (χ2v) is 7.38. The number of carbonyl (C=O) groups excluding carboxylic acids is 2. The number of carbonyl (C=O) groups is 2. The highest BCUT2D eigenvalue weighted by atomic mass is 32.1. The number of methoxy groups -OCH3 is 1. The van der Waals surface area contributed by atoms with Crippen molar-refractivity contribution in [2.45, 2.75) is 13.3 Å². The number of nitrogens with two attached hydrogens (primary N) is 1. The summed E-state index contributed by atoms with van der Waals surface area (Å²) >= 11 is 1.46. The van der Waals surface area contributed by atoms with Gasteiger partial charge in [-0.2, -0.15) is 0 Å². The Kier molecular flexibility index (Phi) is 6.08. The fraction of sp³-hybridized carbons (Fsp3) is 0.421. The number of ether oxygens (including phenoxy) is 1. The van der Waals surface area contributed by atoms with E-state index in [1.54, 1.807) is 28.4 Å². The minimum absolute atomic E-state index is 0.0423. The number of aromatic nitrogens is 1. The molecule has 1 aromatic heterocycles. The van der Waals surface area contributed by atoms with E-state index in [0.29, 0.717) is 56.2 Å². The highest BCUT2D eigenvalue weighted by Crippen LogP contribution is 2.21. The van der Waals surface area contributed by atoms with Crippen LogP contribution in [0.3, 0.4) is 0 Å². The van der Waals surface area contributed by atoms with Gasteiger partial charge in [-0.1, -0.05) is 6.07 Å². The minimum atomic E-state index is -0.0846. The Labute approximate surface area is 162 Å². The third-order valence-electron chi connectivity index (χ3n) is 4.64. The first-order chi connectivity index (χ1) is 13.0. The monoisotopic (exact) mass is 388 g/mol. The van der Waals surface area contributed by atoms with E-state index in [4.69, 9.17) is 10.5 Å². The topological polar surface area (TPSA) is 88.8 Å². The Morgan fingerprint density at radius 2 is 1.85 bits per heavy atom. The molecule has 1 aliphatic rings. The lowest BCUT2D eigenvalue weighted by molar-refractivity contribution is 0.0532. The Hall–Kier alpha value is -2.45. The summed E-state index contributed by atoms with van der Waals surface area (Å²) < 4.78 is 5.30. The van der Waals surface area contributed by atoms with Gasteiger partial charge in [-0.3, -0.25) is 9.59 Å². The lowest BCUT2D eigenvalue weighted by atomic mass is 10.1. The van der Waals surface area contributed by atoms with Crippen LogP contribution in [-0.4, -0.2) is 66.4 Å². The number of rotatable bonds is 5. The van der Waals surface area contributed by atoms with Crippen molar-refractivity contribution in [1.29, 1.82) is 0 Å². The zero-order chi connectivity index (χ0) is 19.4. The van der Waals surface area contributed by atoms with E-state index in [2.05, 4.69) is 4.98 Å². The maximum absolute atomic E-state index is 12.7. The quantitative estimate of drug-likeness (QED) is 0.840. The van der Waals surface area contributed by atoms with Gasteiger partial charge in [0.2, 0.25) is 0 Å². The highest BCUT2D eigenvalue weighted by molar-refractivity contribution is 7.09. The Morgan fingerprint density at radius 1 is 1.19 bits per heavy atom. The average Bonchev–Trinajstić information content (AvgIpc) is 3.16. The van der Waals surface area contributed by atoms with Crippen molar-refractivity contribution >= 4 is 23.2 Å². The van der Waals surface area contributed by atoms with Crippen molar-refractivity contribution in [1.82, 2.24) is 14.8 Å². The van der Waals surface area contributed by atoms with Gasteiger partial charge in [-0.05, 0) is 31.2 Å². The van der Waals surface area contributed by atoms with Crippen molar-refractivity contribution in [2.24, 2.45) is 5.73 Å². The molecular formula is C19H24N4O3S. The van der Waals surface area contributed by atoms with Crippen LogP contribution in [0.25, 0.3) is 0 Å². The Balaban J connectivity index is 1.61. The summed E-state index contributed by atoms with van der Waals surface area (Å²) in [6.07, 6.45) is 0.681. The van der Waals surface area contributed by atoms with Gasteiger partial charge in [0.25, 0.3) is 11.8 Å². The molecule has 0 atom stereocenters. The smallest absolute Gasteiger partial charge is 0.273 e. The molecule has 2 amide bonds. The van der Waals surface area contributed by atoms with Gasteiger partial charge < -0.3 is 20.3 Å². The van der Waals surface area contributed by atoms with Crippen molar-refractivity contribution in [3.8, 4) is 5.75 Å². The van der Waals surface area contributed by atoms with Gasteiger partial charge in [-0.25, -0.2) is 4.98 Å². The molecule has 8 heteroatoms. The predicted octanol–water partition coefficient (Wildman–Crippen LogP) is 1.56. The summed E-state index contributed by atoms with van der Waals surface area (Å²) in [6.45, 7) is 4.45. The molecule has 1 aliphatic heterocycles. The number of hydrogen-bond donors (Lipinski definition) is 1. The third-order valence-corrected chi connectivity index (χ3v) is 5.55. The SMILES string of the molecule is COc1cc(C(=O)N2CCN(C(=O)c3csc(CCN)n3)CC2)ccc1C. The molecule has 7 nitrogen and oxygen atoms in total. The molecule has 144 valence electrons. The van der Waals surface area contributed by atoms with Crippen LogP contribution in [0.1, 0.15) is 31.4 Å². The summed E-state index contributed by atoms with van der Waals surface area (Å²) in [6, 6.07) is 5.46. The summed E-state index contributed by atoms with van der Waals surface area (Å²) in [5.41, 5.74) is 7.58. The van der Waals surface area contributed by atoms with E-state index >= 15 is 0 Å². The zero-order valence-corrected chi connectivity index (χ0v) is 16.4. The van der Waals surface area contributed by atoms with Crippen LogP contribution >= 0.6 is 11.3 Å². The molecule has 1 fully saturated rings. The summed E-state index contributed by atoms with van der Waals surface area (Å²) in [7, 11) is 1.60. The van der Waals surface area contributed by atoms with E-state index in [0.717, 1.165) is 10.6 Å². The van der Waals surface area contributed by atoms with E-state index in [9.17, 15) is 9.59 Å². The molecule has 2 aromatic rings. The highest BCUT2D eigenvalue weighted by Gasteiger charge is 2.27. The lowest BCUT2D eigenvalue weighted by Gasteiger charge is -2.34. The van der Waals surface area contributed by atoms with Crippen molar-refractivity contribution in [2.75, 3.05) is 39.8 Å². The van der Waals surface area contributed by atoms with Crippen LogP contribution < -0.4 is 10.5 Å². The number of hydrogen-bond acceptors (Lipinski definition) is 6. The molecule has 1 aromatic carbocycles. The number of benzene rings is 1. The van der Waals surface area contributed by atoms with Crippen LogP contribution in [-0.2, 0) is 6.42 Å². The maximum Gasteiger partial charge on any atom is 0.273 e. The van der Waals surface area contributed by atoms with Crippen LogP contribution in [0.15, 0.2) is 23.6 Å². The van der Waals surface area contributed by atoms with Gasteiger partial charge in [0.1, 0.15) is 11.4 Å². The first-order valence-electron chi connectivity index (χ1n) is 8.91. The standard InChI is InChI=1S/C19H24N4O3S/c1-13-3-4-14(11-16(13)26-2)18(24)22-7-9-23(10-8-22)19(25)15-12-27-17(21-15)5-6-20/h3-4,11-12H,5-10,20H2,1-2H3. The van der Waals surface area contributed by atoms with Crippen LogP contribution in [0.2, 0.25) is 0 Å². The van der Waals surface area contributed by atoms with Gasteiger partial charge in [0.15, 0.2) is 0 Å². The van der Waals surface area contributed by atoms with Crippen molar-refractivity contribution in [3.05, 3.63) is 45.4 Å². The molecule has 0 saturated carbocycles. The van der Waals surface area contributed by atoms with Gasteiger partial charge in [-0.15, -0.1) is 11.3 Å². The largest absolute Gasteiger partial charge is 0.496 e. The fourth-order valence-corrected chi connectivity index (χ4v) is 3.85. The van der Waals surface area contributed by atoms with E-state index in [1.165, 1.54) is 11.3 Å². The molecule has 0 spiro atoms. The zero-order valence-electron chi connectivity index (χ0n) is 15.6. The van der Waals surface area contributed by atoms with E-state index in [1.807, 2.05) is 19.1 Å². The van der Waals surface area contributed by atoms with Crippen LogP contribution in [0.4, 0.5) is 0 Å². The first kappa shape index (κ1) is 19.3. The number of piperazine rings is 1. The molecule has 2 N–H and O–H groups in total. The molecule has 0 radical (unpaired) electrons. The first-order valence-corrected chi connectivity index (χ1v) is 9.79.